The summed E-state index contributed by atoms with van der Waals surface area (Å²) in [6, 6.07) is 14.5. The van der Waals surface area contributed by atoms with E-state index in [9.17, 15) is 0 Å². The molecule has 1 heterocycles. The number of aromatic amines is 1. The second-order valence-corrected chi connectivity index (χ2v) is 7.88. The predicted octanol–water partition coefficient (Wildman–Crippen LogP) is 4.94. The van der Waals surface area contributed by atoms with Gasteiger partial charge in [-0.15, -0.1) is 11.8 Å². The summed E-state index contributed by atoms with van der Waals surface area (Å²) in [6.45, 7) is 2.85. The van der Waals surface area contributed by atoms with Gasteiger partial charge in [0.25, 0.3) is 0 Å². The zero-order chi connectivity index (χ0) is 19.9. The van der Waals surface area contributed by atoms with Crippen LogP contribution < -0.4 is 9.47 Å². The molecule has 0 atom stereocenters. The first-order valence-electron chi connectivity index (χ1n) is 9.09. The number of rotatable bonds is 9. The standard InChI is InChI=1S/C21H25N3O2S2/c1-15-4-6-16(7-5-15)13-28-14-20-22-23-21(27)24(20)11-10-17-8-9-18(25-2)12-19(17)26-3/h4-9,12H,10-11,13-14H2,1-3H3,(H,23,27). The van der Waals surface area contributed by atoms with Crippen LogP contribution in [0.5, 0.6) is 11.5 Å². The molecule has 28 heavy (non-hydrogen) atoms. The normalized spacial score (nSPS) is 10.8. The number of hydrogen-bond donors (Lipinski definition) is 1. The van der Waals surface area contributed by atoms with Crippen molar-refractivity contribution in [2.24, 2.45) is 0 Å². The zero-order valence-electron chi connectivity index (χ0n) is 16.4. The summed E-state index contributed by atoms with van der Waals surface area (Å²) < 4.78 is 13.5. The number of nitrogens with zero attached hydrogens (tertiary/aromatic N) is 2. The Balaban J connectivity index is 1.63. The average Bonchev–Trinajstić information content (AvgIpc) is 3.07. The lowest BCUT2D eigenvalue weighted by Gasteiger charge is -2.12. The molecule has 0 aliphatic rings. The van der Waals surface area contributed by atoms with Gasteiger partial charge in [0.1, 0.15) is 17.3 Å². The first-order valence-corrected chi connectivity index (χ1v) is 10.6. The van der Waals surface area contributed by atoms with Gasteiger partial charge >= 0.3 is 0 Å². The summed E-state index contributed by atoms with van der Waals surface area (Å²) >= 11 is 7.27. The van der Waals surface area contributed by atoms with Crippen LogP contribution >= 0.6 is 24.0 Å². The van der Waals surface area contributed by atoms with Crippen LogP contribution in [-0.4, -0.2) is 29.0 Å². The third kappa shape index (κ3) is 5.17. The molecule has 1 aromatic heterocycles. The van der Waals surface area contributed by atoms with Crippen molar-refractivity contribution < 1.29 is 9.47 Å². The molecule has 0 bridgehead atoms. The lowest BCUT2D eigenvalue weighted by Crippen LogP contribution is -2.07. The lowest BCUT2D eigenvalue weighted by atomic mass is 10.1. The maximum absolute atomic E-state index is 5.50. The molecule has 0 amide bonds. The van der Waals surface area contributed by atoms with Crippen LogP contribution in [0, 0.1) is 11.7 Å². The van der Waals surface area contributed by atoms with E-state index in [-0.39, 0.29) is 0 Å². The SMILES string of the molecule is COc1ccc(CCn2c(CSCc3ccc(C)cc3)n[nH]c2=S)c(OC)c1. The van der Waals surface area contributed by atoms with E-state index in [1.165, 1.54) is 11.1 Å². The molecule has 1 N–H and O–H groups in total. The Morgan fingerprint density at radius 1 is 1.07 bits per heavy atom. The first kappa shape index (κ1) is 20.5. The van der Waals surface area contributed by atoms with E-state index in [1.807, 2.05) is 30.0 Å². The van der Waals surface area contributed by atoms with Crippen molar-refractivity contribution in [2.75, 3.05) is 14.2 Å². The Morgan fingerprint density at radius 3 is 2.57 bits per heavy atom. The van der Waals surface area contributed by atoms with Crippen LogP contribution in [0.15, 0.2) is 42.5 Å². The molecule has 0 unspecified atom stereocenters. The largest absolute Gasteiger partial charge is 0.497 e. The van der Waals surface area contributed by atoms with Gasteiger partial charge in [-0.05, 0) is 42.8 Å². The molecule has 0 spiro atoms. The second kappa shape index (κ2) is 9.80. The topological polar surface area (TPSA) is 52.1 Å². The maximum Gasteiger partial charge on any atom is 0.195 e. The highest BCUT2D eigenvalue weighted by atomic mass is 32.2. The summed E-state index contributed by atoms with van der Waals surface area (Å²) in [5.74, 6) is 4.33. The highest BCUT2D eigenvalue weighted by Crippen LogP contribution is 2.25. The summed E-state index contributed by atoms with van der Waals surface area (Å²) in [4.78, 5) is 0. The number of benzene rings is 2. The number of methoxy groups -OCH3 is 2. The van der Waals surface area contributed by atoms with Gasteiger partial charge in [0.05, 0.1) is 20.0 Å². The number of H-pyrrole nitrogens is 1. The van der Waals surface area contributed by atoms with Gasteiger partial charge in [-0.3, -0.25) is 5.10 Å². The van der Waals surface area contributed by atoms with Crippen molar-refractivity contribution in [3.63, 3.8) is 0 Å². The monoisotopic (exact) mass is 415 g/mol. The van der Waals surface area contributed by atoms with Crippen LogP contribution in [0.4, 0.5) is 0 Å². The van der Waals surface area contributed by atoms with Crippen molar-refractivity contribution in [3.8, 4) is 11.5 Å². The van der Waals surface area contributed by atoms with Gasteiger partial charge in [0.15, 0.2) is 4.77 Å². The van der Waals surface area contributed by atoms with Crippen molar-refractivity contribution in [1.82, 2.24) is 14.8 Å². The summed E-state index contributed by atoms with van der Waals surface area (Å²) in [5.41, 5.74) is 3.72. The Morgan fingerprint density at radius 2 is 1.86 bits per heavy atom. The van der Waals surface area contributed by atoms with Crippen molar-refractivity contribution in [1.29, 1.82) is 0 Å². The van der Waals surface area contributed by atoms with Gasteiger partial charge in [-0.1, -0.05) is 35.9 Å². The highest BCUT2D eigenvalue weighted by molar-refractivity contribution is 7.97. The molecule has 2 aromatic carbocycles. The van der Waals surface area contributed by atoms with Gasteiger partial charge in [0, 0.05) is 18.4 Å². The fourth-order valence-corrected chi connectivity index (χ4v) is 4.10. The van der Waals surface area contributed by atoms with E-state index in [0.29, 0.717) is 4.77 Å². The average molecular weight is 416 g/mol. The predicted molar refractivity (Wildman–Crippen MR) is 117 cm³/mol. The lowest BCUT2D eigenvalue weighted by molar-refractivity contribution is 0.390. The molecule has 5 nitrogen and oxygen atoms in total. The van der Waals surface area contributed by atoms with Crippen LogP contribution in [0.1, 0.15) is 22.5 Å². The number of hydrogen-bond acceptors (Lipinski definition) is 5. The number of aromatic nitrogens is 3. The van der Waals surface area contributed by atoms with E-state index in [0.717, 1.165) is 47.4 Å². The Kier molecular flexibility index (Phi) is 7.17. The molecule has 0 radical (unpaired) electrons. The van der Waals surface area contributed by atoms with E-state index >= 15 is 0 Å². The van der Waals surface area contributed by atoms with E-state index in [1.54, 1.807) is 14.2 Å². The molecular weight excluding hydrogens is 390 g/mol. The van der Waals surface area contributed by atoms with E-state index < -0.39 is 0 Å². The molecule has 7 heteroatoms. The number of thioether (sulfide) groups is 1. The number of ether oxygens (including phenoxy) is 2. The van der Waals surface area contributed by atoms with Crippen molar-refractivity contribution in [2.45, 2.75) is 31.4 Å². The minimum Gasteiger partial charge on any atom is -0.497 e. The summed E-state index contributed by atoms with van der Waals surface area (Å²) in [7, 11) is 3.33. The fourth-order valence-electron chi connectivity index (χ4n) is 2.93. The highest BCUT2D eigenvalue weighted by Gasteiger charge is 2.10. The fraction of sp³-hybridized carbons (Fsp3) is 0.333. The maximum atomic E-state index is 5.50. The molecule has 0 aliphatic heterocycles. The zero-order valence-corrected chi connectivity index (χ0v) is 18.0. The van der Waals surface area contributed by atoms with Crippen LogP contribution in [0.3, 0.4) is 0 Å². The molecule has 0 saturated carbocycles. The van der Waals surface area contributed by atoms with E-state index in [4.69, 9.17) is 21.7 Å². The molecule has 3 aromatic rings. The van der Waals surface area contributed by atoms with Crippen LogP contribution in [0.2, 0.25) is 0 Å². The second-order valence-electron chi connectivity index (χ2n) is 6.50. The third-order valence-corrected chi connectivity index (χ3v) is 5.87. The minimum absolute atomic E-state index is 0.651. The van der Waals surface area contributed by atoms with Crippen molar-refractivity contribution in [3.05, 3.63) is 69.8 Å². The van der Waals surface area contributed by atoms with Crippen LogP contribution in [-0.2, 0) is 24.5 Å². The quantitative estimate of drug-likeness (QED) is 0.502. The first-order chi connectivity index (χ1) is 13.6. The van der Waals surface area contributed by atoms with Crippen LogP contribution in [0.25, 0.3) is 0 Å². The van der Waals surface area contributed by atoms with Crippen molar-refractivity contribution >= 4 is 24.0 Å². The Bertz CT molecular complexity index is 965. The molecule has 3 rings (SSSR count). The Hall–Kier alpha value is -2.25. The van der Waals surface area contributed by atoms with E-state index in [2.05, 4.69) is 46.0 Å². The molecule has 148 valence electrons. The molecule has 0 aliphatic carbocycles. The molecule has 0 fully saturated rings. The van der Waals surface area contributed by atoms with Gasteiger partial charge < -0.3 is 14.0 Å². The third-order valence-electron chi connectivity index (χ3n) is 4.56. The summed E-state index contributed by atoms with van der Waals surface area (Å²) in [5, 5.41) is 7.34. The minimum atomic E-state index is 0.651. The number of nitrogens with one attached hydrogen (secondary N) is 1. The Labute approximate surface area is 175 Å². The number of aryl methyl sites for hydroxylation is 2. The van der Waals surface area contributed by atoms with Gasteiger partial charge in [0.2, 0.25) is 0 Å². The van der Waals surface area contributed by atoms with Gasteiger partial charge in [-0.2, -0.15) is 5.10 Å². The molecule has 0 saturated heterocycles. The summed E-state index contributed by atoms with van der Waals surface area (Å²) in [6.07, 6.45) is 0.802. The smallest absolute Gasteiger partial charge is 0.195 e. The molecular formula is C21H25N3O2S2. The van der Waals surface area contributed by atoms with Gasteiger partial charge in [-0.25, -0.2) is 0 Å².